The molecule has 0 aromatic heterocycles. The average molecular weight is 199 g/mol. The highest BCUT2D eigenvalue weighted by molar-refractivity contribution is 4.89. The lowest BCUT2D eigenvalue weighted by Crippen LogP contribution is -2.48. The van der Waals surface area contributed by atoms with Gasteiger partial charge >= 0.3 is 0 Å². The molecule has 0 saturated carbocycles. The number of aliphatic hydroxyl groups is 1. The van der Waals surface area contributed by atoms with E-state index in [9.17, 15) is 5.11 Å². The van der Waals surface area contributed by atoms with Crippen LogP contribution in [0.25, 0.3) is 0 Å². The van der Waals surface area contributed by atoms with Crippen LogP contribution in [0.5, 0.6) is 0 Å². The average Bonchev–Trinajstić information content (AvgIpc) is 2.12. The summed E-state index contributed by atoms with van der Waals surface area (Å²) in [4.78, 5) is 2.34. The summed E-state index contributed by atoms with van der Waals surface area (Å²) in [5.74, 6) is 0.649. The molecule has 0 spiro atoms. The lowest BCUT2D eigenvalue weighted by atomic mass is 9.80. The molecule has 0 aromatic carbocycles. The standard InChI is InChI=1S/C12H25NO/c1-5-10(2)8-12(14)6-7-13(4)11(3)9-12/h10-11,14H,5-9H2,1-4H3. The predicted molar refractivity (Wildman–Crippen MR) is 60.3 cm³/mol. The summed E-state index contributed by atoms with van der Waals surface area (Å²) >= 11 is 0. The first-order valence-corrected chi connectivity index (χ1v) is 5.89. The summed E-state index contributed by atoms with van der Waals surface area (Å²) in [6.45, 7) is 7.68. The quantitative estimate of drug-likeness (QED) is 0.753. The normalized spacial score (nSPS) is 37.1. The minimum atomic E-state index is -0.388. The third-order valence-electron chi connectivity index (χ3n) is 3.78. The van der Waals surface area contributed by atoms with E-state index in [-0.39, 0.29) is 5.60 Å². The Morgan fingerprint density at radius 3 is 2.71 bits per heavy atom. The zero-order valence-electron chi connectivity index (χ0n) is 10.1. The van der Waals surface area contributed by atoms with Crippen molar-refractivity contribution < 1.29 is 5.11 Å². The summed E-state index contributed by atoms with van der Waals surface area (Å²) in [6.07, 6.45) is 4.03. The second-order valence-electron chi connectivity index (χ2n) is 5.23. The number of nitrogens with zero attached hydrogens (tertiary/aromatic N) is 1. The fourth-order valence-corrected chi connectivity index (χ4v) is 2.39. The SMILES string of the molecule is CCC(C)CC1(O)CCN(C)C(C)C1. The topological polar surface area (TPSA) is 23.5 Å². The Kier molecular flexibility index (Phi) is 3.96. The van der Waals surface area contributed by atoms with Crippen LogP contribution in [-0.4, -0.2) is 35.2 Å². The molecular formula is C12H25NO. The van der Waals surface area contributed by atoms with E-state index in [0.29, 0.717) is 12.0 Å². The van der Waals surface area contributed by atoms with E-state index in [1.54, 1.807) is 0 Å². The van der Waals surface area contributed by atoms with Gasteiger partial charge in [0.05, 0.1) is 5.60 Å². The molecule has 2 nitrogen and oxygen atoms in total. The van der Waals surface area contributed by atoms with Crippen LogP contribution in [0, 0.1) is 5.92 Å². The number of piperidine rings is 1. The third-order valence-corrected chi connectivity index (χ3v) is 3.78. The molecule has 84 valence electrons. The van der Waals surface area contributed by atoms with Gasteiger partial charge in [0.25, 0.3) is 0 Å². The lowest BCUT2D eigenvalue weighted by molar-refractivity contribution is -0.0512. The molecular weight excluding hydrogens is 174 g/mol. The van der Waals surface area contributed by atoms with Crippen molar-refractivity contribution in [3.8, 4) is 0 Å². The molecule has 0 amide bonds. The van der Waals surface area contributed by atoms with Crippen molar-refractivity contribution in [3.05, 3.63) is 0 Å². The highest BCUT2D eigenvalue weighted by atomic mass is 16.3. The van der Waals surface area contributed by atoms with Crippen LogP contribution in [0.15, 0.2) is 0 Å². The van der Waals surface area contributed by atoms with E-state index in [2.05, 4.69) is 32.7 Å². The smallest absolute Gasteiger partial charge is 0.0677 e. The molecule has 0 bridgehead atoms. The largest absolute Gasteiger partial charge is 0.390 e. The molecule has 1 rings (SSSR count). The number of hydrogen-bond donors (Lipinski definition) is 1. The van der Waals surface area contributed by atoms with Crippen molar-refractivity contribution in [1.82, 2.24) is 4.90 Å². The minimum absolute atomic E-state index is 0.388. The molecule has 2 heteroatoms. The second kappa shape index (κ2) is 4.63. The monoisotopic (exact) mass is 199 g/mol. The minimum Gasteiger partial charge on any atom is -0.390 e. The van der Waals surface area contributed by atoms with Crippen LogP contribution < -0.4 is 0 Å². The highest BCUT2D eigenvalue weighted by Crippen LogP contribution is 2.32. The summed E-state index contributed by atoms with van der Waals surface area (Å²) in [5.41, 5.74) is -0.388. The Morgan fingerprint density at radius 2 is 2.21 bits per heavy atom. The van der Waals surface area contributed by atoms with Gasteiger partial charge in [-0.3, -0.25) is 0 Å². The fourth-order valence-electron chi connectivity index (χ4n) is 2.39. The van der Waals surface area contributed by atoms with Gasteiger partial charge in [0.15, 0.2) is 0 Å². The first kappa shape index (κ1) is 12.0. The molecule has 1 N–H and O–H groups in total. The predicted octanol–water partition coefficient (Wildman–Crippen LogP) is 2.27. The van der Waals surface area contributed by atoms with Crippen LogP contribution >= 0.6 is 0 Å². The summed E-state index contributed by atoms with van der Waals surface area (Å²) in [7, 11) is 2.15. The van der Waals surface area contributed by atoms with Crippen LogP contribution in [0.3, 0.4) is 0 Å². The molecule has 1 fully saturated rings. The van der Waals surface area contributed by atoms with Gasteiger partial charge < -0.3 is 10.0 Å². The summed E-state index contributed by atoms with van der Waals surface area (Å²) < 4.78 is 0. The summed E-state index contributed by atoms with van der Waals surface area (Å²) in [6, 6.07) is 0.526. The maximum absolute atomic E-state index is 10.4. The first-order valence-electron chi connectivity index (χ1n) is 5.89. The van der Waals surface area contributed by atoms with E-state index in [1.165, 1.54) is 6.42 Å². The lowest BCUT2D eigenvalue weighted by Gasteiger charge is -2.42. The maximum atomic E-state index is 10.4. The van der Waals surface area contributed by atoms with Crippen LogP contribution in [0.1, 0.15) is 46.5 Å². The van der Waals surface area contributed by atoms with Gasteiger partial charge in [-0.25, -0.2) is 0 Å². The maximum Gasteiger partial charge on any atom is 0.0677 e. The van der Waals surface area contributed by atoms with Gasteiger partial charge in [0, 0.05) is 12.6 Å². The van der Waals surface area contributed by atoms with E-state index >= 15 is 0 Å². The zero-order valence-corrected chi connectivity index (χ0v) is 10.1. The van der Waals surface area contributed by atoms with E-state index in [4.69, 9.17) is 0 Å². The van der Waals surface area contributed by atoms with Crippen LogP contribution in [0.4, 0.5) is 0 Å². The molecule has 1 saturated heterocycles. The molecule has 0 radical (unpaired) electrons. The van der Waals surface area contributed by atoms with Gasteiger partial charge in [-0.15, -0.1) is 0 Å². The molecule has 3 atom stereocenters. The van der Waals surface area contributed by atoms with Crippen molar-refractivity contribution in [1.29, 1.82) is 0 Å². The molecule has 1 heterocycles. The van der Waals surface area contributed by atoms with Crippen molar-refractivity contribution in [2.45, 2.75) is 58.1 Å². The van der Waals surface area contributed by atoms with Gasteiger partial charge in [-0.2, -0.15) is 0 Å². The molecule has 1 aliphatic heterocycles. The van der Waals surface area contributed by atoms with Crippen molar-refractivity contribution in [3.63, 3.8) is 0 Å². The van der Waals surface area contributed by atoms with E-state index in [0.717, 1.165) is 25.8 Å². The molecule has 0 aromatic rings. The van der Waals surface area contributed by atoms with Crippen molar-refractivity contribution in [2.75, 3.05) is 13.6 Å². The Bertz CT molecular complexity index is 179. The van der Waals surface area contributed by atoms with Crippen molar-refractivity contribution >= 4 is 0 Å². The third kappa shape index (κ3) is 2.96. The summed E-state index contributed by atoms with van der Waals surface area (Å²) in [5, 5.41) is 10.4. The van der Waals surface area contributed by atoms with Gasteiger partial charge in [0.1, 0.15) is 0 Å². The number of likely N-dealkylation sites (tertiary alicyclic amines) is 1. The van der Waals surface area contributed by atoms with E-state index in [1.807, 2.05) is 0 Å². The van der Waals surface area contributed by atoms with Gasteiger partial charge in [-0.1, -0.05) is 20.3 Å². The van der Waals surface area contributed by atoms with Crippen LogP contribution in [0.2, 0.25) is 0 Å². The Morgan fingerprint density at radius 1 is 1.57 bits per heavy atom. The van der Waals surface area contributed by atoms with Crippen molar-refractivity contribution in [2.24, 2.45) is 5.92 Å². The Hall–Kier alpha value is -0.0800. The molecule has 1 aliphatic rings. The van der Waals surface area contributed by atoms with Gasteiger partial charge in [0.2, 0.25) is 0 Å². The number of hydrogen-bond acceptors (Lipinski definition) is 2. The second-order valence-corrected chi connectivity index (χ2v) is 5.23. The highest BCUT2D eigenvalue weighted by Gasteiger charge is 2.35. The first-order chi connectivity index (χ1) is 6.47. The van der Waals surface area contributed by atoms with Gasteiger partial charge in [-0.05, 0) is 39.2 Å². The molecule has 0 aliphatic carbocycles. The van der Waals surface area contributed by atoms with Crippen LogP contribution in [-0.2, 0) is 0 Å². The molecule has 14 heavy (non-hydrogen) atoms. The number of rotatable bonds is 3. The Labute approximate surface area is 88.3 Å². The zero-order chi connectivity index (χ0) is 10.8. The Balaban J connectivity index is 2.49. The fraction of sp³-hybridized carbons (Fsp3) is 1.00. The molecule has 3 unspecified atom stereocenters. The van der Waals surface area contributed by atoms with E-state index < -0.39 is 0 Å².